The third-order valence-electron chi connectivity index (χ3n) is 4.06. The maximum atomic E-state index is 13.2. The molecule has 124 valence electrons. The van der Waals surface area contributed by atoms with E-state index in [2.05, 4.69) is 9.97 Å². The Kier molecular flexibility index (Phi) is 4.84. The maximum Gasteiger partial charge on any atom is 0.235 e. The van der Waals surface area contributed by atoms with Gasteiger partial charge in [0.25, 0.3) is 0 Å². The second kappa shape index (κ2) is 6.86. The van der Waals surface area contributed by atoms with E-state index in [9.17, 15) is 13.6 Å². The largest absolute Gasteiger partial charge is 0.342 e. The zero-order chi connectivity index (χ0) is 16.4. The number of imidazole rings is 1. The smallest absolute Gasteiger partial charge is 0.235 e. The molecule has 1 aromatic heterocycles. The van der Waals surface area contributed by atoms with Gasteiger partial charge in [0, 0.05) is 25.2 Å². The molecule has 1 unspecified atom stereocenters. The van der Waals surface area contributed by atoms with Crippen LogP contribution in [0.5, 0.6) is 0 Å². The highest BCUT2D eigenvalue weighted by Gasteiger charge is 2.23. The first-order valence-electron chi connectivity index (χ1n) is 7.85. The number of H-pyrrole nitrogens is 1. The first-order chi connectivity index (χ1) is 11.0. The molecule has 2 heterocycles. The minimum Gasteiger partial charge on any atom is -0.342 e. The van der Waals surface area contributed by atoms with Crippen molar-refractivity contribution in [1.82, 2.24) is 14.9 Å². The molecule has 0 aliphatic carbocycles. The van der Waals surface area contributed by atoms with Crippen LogP contribution in [-0.2, 0) is 4.79 Å². The van der Waals surface area contributed by atoms with Gasteiger partial charge in [0.2, 0.25) is 5.91 Å². The summed E-state index contributed by atoms with van der Waals surface area (Å²) in [6, 6.07) is 2.15. The summed E-state index contributed by atoms with van der Waals surface area (Å²) in [7, 11) is 0. The molecule has 1 aliphatic rings. The fourth-order valence-electron chi connectivity index (χ4n) is 2.80. The first kappa shape index (κ1) is 16.2. The van der Waals surface area contributed by atoms with Crippen LogP contribution in [0.25, 0.3) is 11.0 Å². The molecular weight excluding hydrogens is 320 g/mol. The quantitative estimate of drug-likeness (QED) is 0.867. The summed E-state index contributed by atoms with van der Waals surface area (Å²) in [5, 5.41) is 0.212. The predicted molar refractivity (Wildman–Crippen MR) is 86.4 cm³/mol. The van der Waals surface area contributed by atoms with Crippen molar-refractivity contribution in [2.24, 2.45) is 0 Å². The number of amides is 1. The van der Waals surface area contributed by atoms with Gasteiger partial charge in [-0.25, -0.2) is 13.8 Å². The highest BCUT2D eigenvalue weighted by molar-refractivity contribution is 8.00. The summed E-state index contributed by atoms with van der Waals surface area (Å²) in [5.41, 5.74) is 0.793. The number of thioether (sulfide) groups is 1. The molecule has 2 aromatic rings. The molecule has 1 fully saturated rings. The number of rotatable bonds is 3. The number of nitrogens with zero attached hydrogens (tertiary/aromatic N) is 2. The standard InChI is InChI=1S/C16H19F2N3OS/c1-10(15(22)21-6-4-2-3-5-7-21)23-16-19-13-8-11(17)12(18)9-14(13)20-16/h8-10H,2-7H2,1H3,(H,19,20). The number of fused-ring (bicyclic) bond motifs is 1. The van der Waals surface area contributed by atoms with Gasteiger partial charge in [0.05, 0.1) is 16.3 Å². The molecule has 0 radical (unpaired) electrons. The van der Waals surface area contributed by atoms with E-state index in [4.69, 9.17) is 0 Å². The van der Waals surface area contributed by atoms with E-state index >= 15 is 0 Å². The van der Waals surface area contributed by atoms with E-state index in [-0.39, 0.29) is 11.2 Å². The van der Waals surface area contributed by atoms with Crippen LogP contribution in [0.15, 0.2) is 17.3 Å². The molecule has 23 heavy (non-hydrogen) atoms. The van der Waals surface area contributed by atoms with Crippen LogP contribution in [0.1, 0.15) is 32.6 Å². The van der Waals surface area contributed by atoms with Crippen molar-refractivity contribution in [3.63, 3.8) is 0 Å². The van der Waals surface area contributed by atoms with E-state index < -0.39 is 11.6 Å². The molecule has 1 N–H and O–H groups in total. The number of halogens is 2. The molecule has 3 rings (SSSR count). The van der Waals surface area contributed by atoms with Gasteiger partial charge in [-0.2, -0.15) is 0 Å². The number of carbonyl (C=O) groups excluding carboxylic acids is 1. The summed E-state index contributed by atoms with van der Waals surface area (Å²) in [5.74, 6) is -1.74. The van der Waals surface area contributed by atoms with Gasteiger partial charge in [-0.05, 0) is 19.8 Å². The van der Waals surface area contributed by atoms with Crippen molar-refractivity contribution in [1.29, 1.82) is 0 Å². The van der Waals surface area contributed by atoms with Gasteiger partial charge in [0.1, 0.15) is 0 Å². The Morgan fingerprint density at radius 2 is 1.87 bits per heavy atom. The lowest BCUT2D eigenvalue weighted by Gasteiger charge is -2.23. The Balaban J connectivity index is 1.71. The molecule has 0 spiro atoms. The molecule has 4 nitrogen and oxygen atoms in total. The van der Waals surface area contributed by atoms with Crippen LogP contribution < -0.4 is 0 Å². The normalized spacial score (nSPS) is 17.3. The number of likely N-dealkylation sites (tertiary alicyclic amines) is 1. The van der Waals surface area contributed by atoms with Crippen molar-refractivity contribution >= 4 is 28.7 Å². The molecule has 0 bridgehead atoms. The van der Waals surface area contributed by atoms with Gasteiger partial charge in [-0.15, -0.1) is 0 Å². The Morgan fingerprint density at radius 1 is 1.22 bits per heavy atom. The van der Waals surface area contributed by atoms with Crippen molar-refractivity contribution < 1.29 is 13.6 Å². The van der Waals surface area contributed by atoms with Crippen molar-refractivity contribution in [3.8, 4) is 0 Å². The highest BCUT2D eigenvalue weighted by Crippen LogP contribution is 2.26. The number of aromatic amines is 1. The topological polar surface area (TPSA) is 49.0 Å². The Morgan fingerprint density at radius 3 is 2.57 bits per heavy atom. The average Bonchev–Trinajstić information content (AvgIpc) is 2.74. The van der Waals surface area contributed by atoms with Crippen LogP contribution >= 0.6 is 11.8 Å². The molecule has 1 atom stereocenters. The second-order valence-corrected chi connectivity index (χ2v) is 7.15. The number of hydrogen-bond donors (Lipinski definition) is 1. The minimum atomic E-state index is -0.922. The lowest BCUT2D eigenvalue weighted by Crippen LogP contribution is -2.37. The molecule has 0 saturated carbocycles. The molecule has 1 aliphatic heterocycles. The zero-order valence-electron chi connectivity index (χ0n) is 12.9. The van der Waals surface area contributed by atoms with Gasteiger partial charge in [-0.1, -0.05) is 24.6 Å². The molecule has 1 amide bonds. The fraction of sp³-hybridized carbons (Fsp3) is 0.500. The monoisotopic (exact) mass is 339 g/mol. The molecule has 7 heteroatoms. The number of aromatic nitrogens is 2. The second-order valence-electron chi connectivity index (χ2n) is 5.83. The number of benzene rings is 1. The lowest BCUT2D eigenvalue weighted by atomic mass is 10.2. The van der Waals surface area contributed by atoms with E-state index in [1.807, 2.05) is 11.8 Å². The lowest BCUT2D eigenvalue weighted by molar-refractivity contribution is -0.130. The van der Waals surface area contributed by atoms with Crippen LogP contribution in [0, 0.1) is 11.6 Å². The molecular formula is C16H19F2N3OS. The maximum absolute atomic E-state index is 13.2. The average molecular weight is 339 g/mol. The van der Waals surface area contributed by atoms with Gasteiger partial charge >= 0.3 is 0 Å². The van der Waals surface area contributed by atoms with Crippen LogP contribution in [-0.4, -0.2) is 39.1 Å². The zero-order valence-corrected chi connectivity index (χ0v) is 13.8. The summed E-state index contributed by atoms with van der Waals surface area (Å²) < 4.78 is 26.5. The van der Waals surface area contributed by atoms with Gasteiger partial charge in [0.15, 0.2) is 16.8 Å². The van der Waals surface area contributed by atoms with E-state index in [1.165, 1.54) is 24.6 Å². The summed E-state index contributed by atoms with van der Waals surface area (Å²) in [6.45, 7) is 3.45. The van der Waals surface area contributed by atoms with E-state index in [0.717, 1.165) is 38.1 Å². The third-order valence-corrected chi connectivity index (χ3v) is 5.03. The Bertz CT molecular complexity index is 672. The molecule has 1 saturated heterocycles. The summed E-state index contributed by atoms with van der Waals surface area (Å²) >= 11 is 1.29. The first-order valence-corrected chi connectivity index (χ1v) is 8.73. The highest BCUT2D eigenvalue weighted by atomic mass is 32.2. The van der Waals surface area contributed by atoms with Crippen molar-refractivity contribution in [2.75, 3.05) is 13.1 Å². The Hall–Kier alpha value is -1.63. The van der Waals surface area contributed by atoms with Crippen LogP contribution in [0.3, 0.4) is 0 Å². The summed E-state index contributed by atoms with van der Waals surface area (Å²) in [6.07, 6.45) is 4.44. The Labute approximate surface area is 137 Å². The fourth-order valence-corrected chi connectivity index (χ4v) is 3.71. The van der Waals surface area contributed by atoms with Gasteiger partial charge in [-0.3, -0.25) is 4.79 Å². The van der Waals surface area contributed by atoms with Crippen molar-refractivity contribution in [3.05, 3.63) is 23.8 Å². The van der Waals surface area contributed by atoms with E-state index in [1.54, 1.807) is 0 Å². The van der Waals surface area contributed by atoms with E-state index in [0.29, 0.717) is 16.2 Å². The SMILES string of the molecule is CC(Sc1nc2cc(F)c(F)cc2[nH]1)C(=O)N1CCCCCC1. The molecule has 1 aromatic carbocycles. The van der Waals surface area contributed by atoms with Crippen LogP contribution in [0.2, 0.25) is 0 Å². The number of hydrogen-bond acceptors (Lipinski definition) is 3. The third kappa shape index (κ3) is 3.65. The minimum absolute atomic E-state index is 0.0923. The van der Waals surface area contributed by atoms with Crippen LogP contribution in [0.4, 0.5) is 8.78 Å². The van der Waals surface area contributed by atoms with Crippen molar-refractivity contribution in [2.45, 2.75) is 43.0 Å². The summed E-state index contributed by atoms with van der Waals surface area (Å²) in [4.78, 5) is 21.6. The predicted octanol–water partition coefficient (Wildman–Crippen LogP) is 3.72. The number of nitrogens with one attached hydrogen (secondary N) is 1. The number of carbonyl (C=O) groups is 1. The van der Waals surface area contributed by atoms with Gasteiger partial charge < -0.3 is 9.88 Å².